The van der Waals surface area contributed by atoms with Gasteiger partial charge in [0.1, 0.15) is 11.2 Å². The van der Waals surface area contributed by atoms with Gasteiger partial charge in [-0.2, -0.15) is 5.10 Å². The molecular formula is C24H39N7O3. The van der Waals surface area contributed by atoms with E-state index in [0.29, 0.717) is 12.2 Å². The Balaban J connectivity index is 1.35. The highest BCUT2D eigenvalue weighted by molar-refractivity contribution is 6.01. The third-order valence-electron chi connectivity index (χ3n) is 7.79. The van der Waals surface area contributed by atoms with Crippen LogP contribution in [0.15, 0.2) is 6.07 Å². The van der Waals surface area contributed by atoms with Gasteiger partial charge in [-0.25, -0.2) is 0 Å². The predicted molar refractivity (Wildman–Crippen MR) is 129 cm³/mol. The van der Waals surface area contributed by atoms with E-state index in [1.165, 1.54) is 22.1 Å². The number of rotatable bonds is 7. The summed E-state index contributed by atoms with van der Waals surface area (Å²) in [7, 11) is 1.65. The third kappa shape index (κ3) is 5.12. The predicted octanol–water partition coefficient (Wildman–Crippen LogP) is 0.544. The summed E-state index contributed by atoms with van der Waals surface area (Å²) < 4.78 is 1.52. The molecule has 3 heterocycles. The van der Waals surface area contributed by atoms with Crippen LogP contribution in [0.25, 0.3) is 0 Å². The Bertz CT molecular complexity index is 902. The van der Waals surface area contributed by atoms with Crippen LogP contribution in [-0.2, 0) is 11.3 Å². The molecule has 0 aromatic carbocycles. The molecule has 3 amide bonds. The number of piperazine rings is 1. The van der Waals surface area contributed by atoms with Gasteiger partial charge >= 0.3 is 0 Å². The van der Waals surface area contributed by atoms with Gasteiger partial charge in [0.15, 0.2) is 5.69 Å². The van der Waals surface area contributed by atoms with Gasteiger partial charge in [-0.15, -0.1) is 0 Å². The van der Waals surface area contributed by atoms with Crippen molar-refractivity contribution < 1.29 is 14.4 Å². The van der Waals surface area contributed by atoms with Crippen LogP contribution in [0.3, 0.4) is 0 Å². The molecule has 34 heavy (non-hydrogen) atoms. The van der Waals surface area contributed by atoms with Gasteiger partial charge in [-0.1, -0.05) is 26.2 Å². The molecule has 0 bridgehead atoms. The lowest BCUT2D eigenvalue weighted by Gasteiger charge is -2.41. The zero-order chi connectivity index (χ0) is 24.3. The lowest BCUT2D eigenvalue weighted by molar-refractivity contribution is -0.133. The summed E-state index contributed by atoms with van der Waals surface area (Å²) in [6.07, 6.45) is 5.40. The van der Waals surface area contributed by atoms with Crippen molar-refractivity contribution in [2.45, 2.75) is 64.1 Å². The Labute approximate surface area is 202 Å². The first kappa shape index (κ1) is 24.7. The quantitative estimate of drug-likeness (QED) is 0.599. The van der Waals surface area contributed by atoms with Gasteiger partial charge in [0.2, 0.25) is 5.91 Å². The number of fused-ring (bicyclic) bond motifs is 1. The molecule has 0 radical (unpaired) electrons. The van der Waals surface area contributed by atoms with Crippen LogP contribution in [0.5, 0.6) is 0 Å². The first-order valence-corrected chi connectivity index (χ1v) is 12.7. The molecule has 2 aliphatic heterocycles. The van der Waals surface area contributed by atoms with Crippen molar-refractivity contribution in [1.82, 2.24) is 35.1 Å². The molecule has 10 nitrogen and oxygen atoms in total. The second kappa shape index (κ2) is 10.4. The van der Waals surface area contributed by atoms with E-state index in [1.54, 1.807) is 14.0 Å². The van der Waals surface area contributed by atoms with Gasteiger partial charge in [-0.05, 0) is 26.3 Å². The number of carbonyl (C=O) groups excluding carboxylic acids is 3. The topological polar surface area (TPSA) is 103 Å². The van der Waals surface area contributed by atoms with Crippen LogP contribution in [0, 0.1) is 0 Å². The van der Waals surface area contributed by atoms with E-state index in [2.05, 4.69) is 32.5 Å². The van der Waals surface area contributed by atoms with Gasteiger partial charge in [0.05, 0.1) is 6.54 Å². The Hall–Kier alpha value is -2.46. The fourth-order valence-electron chi connectivity index (χ4n) is 5.17. The minimum Gasteiger partial charge on any atom is -0.351 e. The van der Waals surface area contributed by atoms with Crippen LogP contribution in [-0.4, -0.2) is 107 Å². The zero-order valence-corrected chi connectivity index (χ0v) is 20.8. The highest BCUT2D eigenvalue weighted by atomic mass is 16.2. The van der Waals surface area contributed by atoms with E-state index in [-0.39, 0.29) is 36.0 Å². The molecule has 10 heteroatoms. The fourth-order valence-corrected chi connectivity index (χ4v) is 5.17. The summed E-state index contributed by atoms with van der Waals surface area (Å²) in [4.78, 5) is 45.3. The lowest BCUT2D eigenvalue weighted by atomic mass is 9.92. The van der Waals surface area contributed by atoms with Gasteiger partial charge in [-0.3, -0.25) is 24.0 Å². The maximum absolute atomic E-state index is 13.2. The van der Waals surface area contributed by atoms with E-state index < -0.39 is 5.54 Å². The normalized spacial score (nSPS) is 24.7. The van der Waals surface area contributed by atoms with E-state index in [1.807, 2.05) is 0 Å². The largest absolute Gasteiger partial charge is 0.351 e. The molecule has 1 aromatic rings. The number of carbonyl (C=O) groups is 3. The van der Waals surface area contributed by atoms with Crippen LogP contribution >= 0.6 is 0 Å². The molecule has 1 aromatic heterocycles. The molecule has 3 aliphatic rings. The van der Waals surface area contributed by atoms with E-state index >= 15 is 0 Å². The van der Waals surface area contributed by atoms with Gasteiger partial charge in [0.25, 0.3) is 11.8 Å². The second-order valence-electron chi connectivity index (χ2n) is 10.1. The van der Waals surface area contributed by atoms with Crippen molar-refractivity contribution in [3.05, 3.63) is 17.5 Å². The van der Waals surface area contributed by atoms with Gasteiger partial charge < -0.3 is 20.4 Å². The SMILES string of the molecule is CCN1CCN(CCNC(=O)c2cc3n(n2)CC(C)(C(=O)NC2CCCCC2)N(C)C3=O)CC1. The average molecular weight is 474 g/mol. The molecule has 1 atom stereocenters. The molecule has 1 saturated heterocycles. The van der Waals surface area contributed by atoms with Crippen molar-refractivity contribution in [1.29, 1.82) is 0 Å². The number of nitrogens with zero attached hydrogens (tertiary/aromatic N) is 5. The van der Waals surface area contributed by atoms with Crippen molar-refractivity contribution in [3.63, 3.8) is 0 Å². The smallest absolute Gasteiger partial charge is 0.272 e. The standard InChI is InChI=1S/C24H39N7O3/c1-4-29-12-14-30(15-13-29)11-10-25-21(32)19-16-20-22(33)28(3)24(2,17-31(20)27-19)23(34)26-18-8-6-5-7-9-18/h16,18H,4-15,17H2,1-3H3,(H,25,32)(H,26,34). The molecule has 188 valence electrons. The molecule has 2 N–H and O–H groups in total. The molecule has 0 spiro atoms. The van der Waals surface area contributed by atoms with Crippen LogP contribution < -0.4 is 10.6 Å². The van der Waals surface area contributed by atoms with Crippen LogP contribution in [0.1, 0.15) is 66.9 Å². The molecule has 1 unspecified atom stereocenters. The van der Waals surface area contributed by atoms with E-state index in [0.717, 1.165) is 65.0 Å². The summed E-state index contributed by atoms with van der Waals surface area (Å²) >= 11 is 0. The van der Waals surface area contributed by atoms with Crippen molar-refractivity contribution >= 4 is 17.7 Å². The lowest BCUT2D eigenvalue weighted by Crippen LogP contribution is -2.63. The number of hydrogen-bond acceptors (Lipinski definition) is 6. The second-order valence-corrected chi connectivity index (χ2v) is 10.1. The fraction of sp³-hybridized carbons (Fsp3) is 0.750. The summed E-state index contributed by atoms with van der Waals surface area (Å²) in [5, 5.41) is 10.5. The van der Waals surface area contributed by atoms with Crippen LogP contribution in [0.2, 0.25) is 0 Å². The minimum absolute atomic E-state index is 0.159. The highest BCUT2D eigenvalue weighted by Crippen LogP contribution is 2.27. The Morgan fingerprint density at radius 2 is 1.79 bits per heavy atom. The van der Waals surface area contributed by atoms with Crippen molar-refractivity contribution in [2.24, 2.45) is 0 Å². The summed E-state index contributed by atoms with van der Waals surface area (Å²) in [5.74, 6) is -0.753. The molecule has 4 rings (SSSR count). The number of aromatic nitrogens is 2. The van der Waals surface area contributed by atoms with Crippen LogP contribution in [0.4, 0.5) is 0 Å². The number of hydrogen-bond donors (Lipinski definition) is 2. The summed E-state index contributed by atoms with van der Waals surface area (Å²) in [5.41, 5.74) is -0.502. The van der Waals surface area contributed by atoms with Gasteiger partial charge in [0, 0.05) is 58.4 Å². The zero-order valence-electron chi connectivity index (χ0n) is 20.8. The first-order valence-electron chi connectivity index (χ1n) is 12.7. The average Bonchev–Trinajstić information content (AvgIpc) is 3.27. The molecule has 1 saturated carbocycles. The Morgan fingerprint density at radius 3 is 2.47 bits per heavy atom. The first-order chi connectivity index (χ1) is 16.3. The molecule has 2 fully saturated rings. The summed E-state index contributed by atoms with van der Waals surface area (Å²) in [6, 6.07) is 1.69. The third-order valence-corrected chi connectivity index (χ3v) is 7.79. The Kier molecular flexibility index (Phi) is 7.57. The molecular weight excluding hydrogens is 434 g/mol. The van der Waals surface area contributed by atoms with Crippen molar-refractivity contribution in [2.75, 3.05) is 52.9 Å². The van der Waals surface area contributed by atoms with Crippen molar-refractivity contribution in [3.8, 4) is 0 Å². The Morgan fingerprint density at radius 1 is 1.12 bits per heavy atom. The minimum atomic E-state index is -1.05. The maximum atomic E-state index is 13.2. The maximum Gasteiger partial charge on any atom is 0.272 e. The number of amides is 3. The number of nitrogens with one attached hydrogen (secondary N) is 2. The van der Waals surface area contributed by atoms with E-state index in [9.17, 15) is 14.4 Å². The molecule has 1 aliphatic carbocycles. The number of likely N-dealkylation sites (N-methyl/N-ethyl adjacent to an activating group) is 2. The van der Waals surface area contributed by atoms with E-state index in [4.69, 9.17) is 0 Å². The highest BCUT2D eigenvalue weighted by Gasteiger charge is 2.46. The summed E-state index contributed by atoms with van der Waals surface area (Å²) in [6.45, 7) is 10.7. The monoisotopic (exact) mass is 473 g/mol.